The SMILES string of the molecule is COc1ccc(N=Cc2cc(C)n(-c3ccc(I)cc3)c2C)cn1. The van der Waals surface area contributed by atoms with Crippen LogP contribution in [0.5, 0.6) is 5.88 Å². The fraction of sp³-hybridized carbons (Fsp3) is 0.158. The number of rotatable bonds is 4. The molecular weight excluding hydrogens is 413 g/mol. The molecule has 0 atom stereocenters. The first kappa shape index (κ1) is 16.7. The molecule has 0 saturated heterocycles. The van der Waals surface area contributed by atoms with Gasteiger partial charge in [0.15, 0.2) is 0 Å². The van der Waals surface area contributed by atoms with Gasteiger partial charge in [-0.1, -0.05) is 0 Å². The summed E-state index contributed by atoms with van der Waals surface area (Å²) in [6.45, 7) is 4.22. The molecule has 0 aliphatic heterocycles. The van der Waals surface area contributed by atoms with E-state index in [4.69, 9.17) is 4.74 Å². The van der Waals surface area contributed by atoms with Gasteiger partial charge in [-0.05, 0) is 72.8 Å². The molecule has 0 aliphatic carbocycles. The number of ether oxygens (including phenoxy) is 1. The Morgan fingerprint density at radius 2 is 1.88 bits per heavy atom. The highest BCUT2D eigenvalue weighted by atomic mass is 127. The lowest BCUT2D eigenvalue weighted by atomic mass is 10.2. The summed E-state index contributed by atoms with van der Waals surface area (Å²) in [5.41, 5.74) is 5.41. The Kier molecular flexibility index (Phi) is 4.99. The van der Waals surface area contributed by atoms with E-state index in [1.165, 1.54) is 15.0 Å². The molecule has 0 radical (unpaired) electrons. The molecule has 1 aromatic carbocycles. The molecule has 2 heterocycles. The van der Waals surface area contributed by atoms with Crippen molar-refractivity contribution >= 4 is 34.5 Å². The summed E-state index contributed by atoms with van der Waals surface area (Å²) in [5.74, 6) is 0.589. The molecule has 0 aliphatic rings. The summed E-state index contributed by atoms with van der Waals surface area (Å²) in [6.07, 6.45) is 3.59. The van der Waals surface area contributed by atoms with Gasteiger partial charge in [0.05, 0.1) is 19.0 Å². The third-order valence-corrected chi connectivity index (χ3v) is 4.56. The first-order valence-electron chi connectivity index (χ1n) is 7.57. The fourth-order valence-corrected chi connectivity index (χ4v) is 2.98. The minimum absolute atomic E-state index is 0.589. The summed E-state index contributed by atoms with van der Waals surface area (Å²) in [6, 6.07) is 14.3. The third kappa shape index (κ3) is 3.51. The van der Waals surface area contributed by atoms with Crippen molar-refractivity contribution in [2.24, 2.45) is 4.99 Å². The first-order valence-corrected chi connectivity index (χ1v) is 8.65. The Labute approximate surface area is 155 Å². The predicted octanol–water partition coefficient (Wildman–Crippen LogP) is 4.85. The van der Waals surface area contributed by atoms with E-state index < -0.39 is 0 Å². The van der Waals surface area contributed by atoms with Crippen LogP contribution in [0.25, 0.3) is 5.69 Å². The number of methoxy groups -OCH3 is 1. The van der Waals surface area contributed by atoms with Gasteiger partial charge in [-0.15, -0.1) is 0 Å². The topological polar surface area (TPSA) is 39.4 Å². The largest absolute Gasteiger partial charge is 0.481 e. The quantitative estimate of drug-likeness (QED) is 0.438. The average molecular weight is 431 g/mol. The maximum Gasteiger partial charge on any atom is 0.213 e. The van der Waals surface area contributed by atoms with Crippen LogP contribution in [0.15, 0.2) is 53.7 Å². The zero-order valence-electron chi connectivity index (χ0n) is 13.8. The highest BCUT2D eigenvalue weighted by Crippen LogP contribution is 2.21. The molecule has 3 aromatic rings. The second-order valence-corrected chi connectivity index (χ2v) is 6.70. The molecule has 5 heteroatoms. The van der Waals surface area contributed by atoms with E-state index in [1.54, 1.807) is 13.3 Å². The molecule has 0 saturated carbocycles. The molecule has 3 rings (SSSR count). The molecule has 0 N–H and O–H groups in total. The molecule has 0 bridgehead atoms. The highest BCUT2D eigenvalue weighted by Gasteiger charge is 2.09. The van der Waals surface area contributed by atoms with Crippen LogP contribution < -0.4 is 4.74 Å². The normalized spacial score (nSPS) is 11.2. The van der Waals surface area contributed by atoms with Gasteiger partial charge in [0.2, 0.25) is 5.88 Å². The zero-order valence-corrected chi connectivity index (χ0v) is 16.0. The Balaban J connectivity index is 1.90. The molecule has 24 heavy (non-hydrogen) atoms. The van der Waals surface area contributed by atoms with Crippen molar-refractivity contribution in [1.29, 1.82) is 0 Å². The van der Waals surface area contributed by atoms with Crippen molar-refractivity contribution in [1.82, 2.24) is 9.55 Å². The van der Waals surface area contributed by atoms with E-state index in [-0.39, 0.29) is 0 Å². The first-order chi connectivity index (χ1) is 11.6. The van der Waals surface area contributed by atoms with Crippen molar-refractivity contribution in [2.45, 2.75) is 13.8 Å². The monoisotopic (exact) mass is 431 g/mol. The van der Waals surface area contributed by atoms with E-state index in [1.807, 2.05) is 18.3 Å². The molecule has 0 fully saturated rings. The lowest BCUT2D eigenvalue weighted by Crippen LogP contribution is -1.99. The van der Waals surface area contributed by atoms with Gasteiger partial charge in [0.25, 0.3) is 0 Å². The van der Waals surface area contributed by atoms with E-state index in [9.17, 15) is 0 Å². The smallest absolute Gasteiger partial charge is 0.213 e. The van der Waals surface area contributed by atoms with Gasteiger partial charge in [-0.25, -0.2) is 4.98 Å². The van der Waals surface area contributed by atoms with Gasteiger partial charge in [0.1, 0.15) is 0 Å². The van der Waals surface area contributed by atoms with E-state index in [2.05, 4.69) is 81.3 Å². The zero-order chi connectivity index (χ0) is 17.1. The number of pyridine rings is 1. The van der Waals surface area contributed by atoms with Gasteiger partial charge in [-0.2, -0.15) is 0 Å². The molecule has 0 spiro atoms. The van der Waals surface area contributed by atoms with Crippen molar-refractivity contribution in [3.8, 4) is 11.6 Å². The second kappa shape index (κ2) is 7.17. The maximum absolute atomic E-state index is 5.06. The summed E-state index contributed by atoms with van der Waals surface area (Å²) in [4.78, 5) is 8.69. The van der Waals surface area contributed by atoms with Crippen LogP contribution >= 0.6 is 22.6 Å². The molecular formula is C19H18IN3O. The van der Waals surface area contributed by atoms with Crippen molar-refractivity contribution in [3.63, 3.8) is 0 Å². The van der Waals surface area contributed by atoms with Crippen LogP contribution in [0.2, 0.25) is 0 Å². The van der Waals surface area contributed by atoms with Gasteiger partial charge < -0.3 is 9.30 Å². The van der Waals surface area contributed by atoms with E-state index >= 15 is 0 Å². The van der Waals surface area contributed by atoms with Crippen LogP contribution in [-0.4, -0.2) is 22.9 Å². The van der Waals surface area contributed by atoms with Crippen LogP contribution in [0.4, 0.5) is 5.69 Å². The minimum atomic E-state index is 0.589. The number of nitrogens with zero attached hydrogens (tertiary/aromatic N) is 3. The van der Waals surface area contributed by atoms with Crippen LogP contribution in [-0.2, 0) is 0 Å². The Morgan fingerprint density at radius 3 is 2.50 bits per heavy atom. The third-order valence-electron chi connectivity index (χ3n) is 3.84. The molecule has 0 unspecified atom stereocenters. The summed E-state index contributed by atoms with van der Waals surface area (Å²) < 4.78 is 8.53. The fourth-order valence-electron chi connectivity index (χ4n) is 2.62. The lowest BCUT2D eigenvalue weighted by molar-refractivity contribution is 0.398. The number of halogens is 1. The number of benzene rings is 1. The number of aryl methyl sites for hydroxylation is 1. The predicted molar refractivity (Wildman–Crippen MR) is 106 cm³/mol. The number of hydrogen-bond donors (Lipinski definition) is 0. The van der Waals surface area contributed by atoms with Crippen LogP contribution in [0.3, 0.4) is 0 Å². The Morgan fingerprint density at radius 1 is 1.12 bits per heavy atom. The Bertz CT molecular complexity index is 865. The maximum atomic E-state index is 5.06. The van der Waals surface area contributed by atoms with Crippen molar-refractivity contribution in [3.05, 3.63) is 69.2 Å². The van der Waals surface area contributed by atoms with Crippen LogP contribution in [0, 0.1) is 17.4 Å². The molecule has 4 nitrogen and oxygen atoms in total. The minimum Gasteiger partial charge on any atom is -0.481 e. The summed E-state index contributed by atoms with van der Waals surface area (Å²) >= 11 is 2.32. The summed E-state index contributed by atoms with van der Waals surface area (Å²) in [5, 5.41) is 0. The number of aromatic nitrogens is 2. The van der Waals surface area contributed by atoms with Gasteiger partial charge in [-0.3, -0.25) is 4.99 Å². The van der Waals surface area contributed by atoms with Crippen molar-refractivity contribution in [2.75, 3.05) is 7.11 Å². The average Bonchev–Trinajstić information content (AvgIpc) is 2.88. The number of aliphatic imine (C=N–C) groups is 1. The molecule has 0 amide bonds. The molecule has 2 aromatic heterocycles. The molecule has 122 valence electrons. The number of hydrogen-bond acceptors (Lipinski definition) is 3. The highest BCUT2D eigenvalue weighted by molar-refractivity contribution is 14.1. The van der Waals surface area contributed by atoms with E-state index in [0.29, 0.717) is 5.88 Å². The van der Waals surface area contributed by atoms with Crippen molar-refractivity contribution < 1.29 is 4.74 Å². The van der Waals surface area contributed by atoms with Crippen LogP contribution in [0.1, 0.15) is 17.0 Å². The Hall–Kier alpha value is -2.15. The van der Waals surface area contributed by atoms with Gasteiger partial charge in [0, 0.05) is 38.5 Å². The second-order valence-electron chi connectivity index (χ2n) is 5.46. The lowest BCUT2D eigenvalue weighted by Gasteiger charge is -2.09. The van der Waals surface area contributed by atoms with E-state index in [0.717, 1.165) is 16.9 Å². The standard InChI is InChI=1S/C19H18IN3O/c1-13-10-15(11-21-17-6-9-19(24-3)22-12-17)14(2)23(13)18-7-4-16(20)5-8-18/h4-12H,1-3H3. The summed E-state index contributed by atoms with van der Waals surface area (Å²) in [7, 11) is 1.60. The van der Waals surface area contributed by atoms with Gasteiger partial charge >= 0.3 is 0 Å².